The van der Waals surface area contributed by atoms with Gasteiger partial charge in [-0.1, -0.05) is 23.5 Å². The quantitative estimate of drug-likeness (QED) is 0.701. The number of quaternary nitrogens is 1. The van der Waals surface area contributed by atoms with E-state index < -0.39 is 5.79 Å². The van der Waals surface area contributed by atoms with Crippen LogP contribution in [0, 0.1) is 5.82 Å². The number of hydrogen-bond donors (Lipinski definition) is 2. The molecular weight excluding hydrogens is 371 g/mol. The van der Waals surface area contributed by atoms with E-state index in [-0.39, 0.29) is 17.7 Å². The maximum absolute atomic E-state index is 14.0. The molecule has 2 aromatic heterocycles. The first-order valence-electron chi connectivity index (χ1n) is 9.05. The number of halogens is 1. The van der Waals surface area contributed by atoms with E-state index in [0.29, 0.717) is 18.2 Å². The molecule has 2 N–H and O–H groups in total. The number of rotatable bonds is 3. The highest BCUT2D eigenvalue weighted by atomic mass is 32.1. The molecule has 0 amide bonds. The summed E-state index contributed by atoms with van der Waals surface area (Å²) in [6.07, 6.45) is 2.96. The monoisotopic (exact) mass is 391 g/mol. The number of nitrogens with one attached hydrogen (secondary N) is 1. The fraction of sp³-hybridized carbons (Fsp3) is 0.444. The molecule has 2 aliphatic rings. The van der Waals surface area contributed by atoms with Gasteiger partial charge in [-0.3, -0.25) is 0 Å². The molecule has 1 spiro atoms. The van der Waals surface area contributed by atoms with Crippen molar-refractivity contribution >= 4 is 16.3 Å². The van der Waals surface area contributed by atoms with Crippen molar-refractivity contribution in [1.82, 2.24) is 14.6 Å². The molecule has 1 atom stereocenters. The first-order valence-corrected chi connectivity index (χ1v) is 9.86. The summed E-state index contributed by atoms with van der Waals surface area (Å²) >= 11 is 1.39. The summed E-state index contributed by atoms with van der Waals surface area (Å²) < 4.78 is 27.1. The van der Waals surface area contributed by atoms with E-state index in [1.54, 1.807) is 12.1 Å². The second-order valence-corrected chi connectivity index (χ2v) is 8.01. The van der Waals surface area contributed by atoms with Crippen molar-refractivity contribution in [2.75, 3.05) is 26.3 Å². The molecule has 0 bridgehead atoms. The Morgan fingerprint density at radius 1 is 1.26 bits per heavy atom. The Balaban J connectivity index is 1.53. The van der Waals surface area contributed by atoms with E-state index in [1.807, 2.05) is 6.07 Å². The third-order valence-electron chi connectivity index (χ3n) is 5.46. The predicted molar refractivity (Wildman–Crippen MR) is 95.3 cm³/mol. The zero-order chi connectivity index (χ0) is 18.4. The van der Waals surface area contributed by atoms with Crippen LogP contribution < -0.4 is 4.90 Å². The summed E-state index contributed by atoms with van der Waals surface area (Å²) in [7, 11) is 0. The van der Waals surface area contributed by atoms with Crippen molar-refractivity contribution < 1.29 is 23.9 Å². The predicted octanol–water partition coefficient (Wildman–Crippen LogP) is 1.15. The minimum Gasteiger partial charge on any atom is -0.492 e. The molecule has 2 fully saturated rings. The third-order valence-corrected chi connectivity index (χ3v) is 6.56. The Bertz CT molecular complexity index is 959. The van der Waals surface area contributed by atoms with Crippen LogP contribution in [-0.2, 0) is 9.47 Å². The van der Waals surface area contributed by atoms with Gasteiger partial charge >= 0.3 is 0 Å². The van der Waals surface area contributed by atoms with Crippen molar-refractivity contribution in [2.45, 2.75) is 24.7 Å². The minimum absolute atomic E-state index is 0.0721. The van der Waals surface area contributed by atoms with Crippen LogP contribution in [0.2, 0.25) is 0 Å². The zero-order valence-electron chi connectivity index (χ0n) is 14.6. The Kier molecular flexibility index (Phi) is 4.12. The van der Waals surface area contributed by atoms with E-state index in [2.05, 4.69) is 10.1 Å². The molecule has 7 nitrogen and oxygen atoms in total. The molecule has 1 aromatic carbocycles. The van der Waals surface area contributed by atoms with Crippen molar-refractivity contribution in [3.63, 3.8) is 0 Å². The molecule has 0 radical (unpaired) electrons. The number of benzene rings is 1. The van der Waals surface area contributed by atoms with Crippen LogP contribution in [0.3, 0.4) is 0 Å². The molecule has 142 valence electrons. The highest BCUT2D eigenvalue weighted by Crippen LogP contribution is 2.36. The average molecular weight is 391 g/mol. The fourth-order valence-electron chi connectivity index (χ4n) is 4.17. The fourth-order valence-corrected chi connectivity index (χ4v) is 5.28. The Hall–Kier alpha value is -2.07. The van der Waals surface area contributed by atoms with Crippen LogP contribution in [0.5, 0.6) is 5.88 Å². The highest BCUT2D eigenvalue weighted by Gasteiger charge is 2.45. The highest BCUT2D eigenvalue weighted by molar-refractivity contribution is 7.17. The van der Waals surface area contributed by atoms with E-state index in [4.69, 9.17) is 9.47 Å². The van der Waals surface area contributed by atoms with Crippen molar-refractivity contribution in [1.29, 1.82) is 0 Å². The summed E-state index contributed by atoms with van der Waals surface area (Å²) in [4.78, 5) is 6.79. The third kappa shape index (κ3) is 2.91. The van der Waals surface area contributed by atoms with E-state index in [9.17, 15) is 9.50 Å². The first-order chi connectivity index (χ1) is 13.2. The molecule has 0 saturated carbocycles. The number of piperidine rings is 1. The van der Waals surface area contributed by atoms with Crippen molar-refractivity contribution in [2.24, 2.45) is 0 Å². The van der Waals surface area contributed by atoms with Gasteiger partial charge < -0.3 is 19.5 Å². The van der Waals surface area contributed by atoms with Crippen LogP contribution in [0.25, 0.3) is 4.96 Å². The molecule has 0 aliphatic carbocycles. The summed E-state index contributed by atoms with van der Waals surface area (Å²) in [5.41, 5.74) is 0.828. The normalized spacial score (nSPS) is 21.2. The zero-order valence-corrected chi connectivity index (χ0v) is 15.4. The lowest BCUT2D eigenvalue weighted by atomic mass is 9.97. The number of nitrogens with zero attached hydrogens (tertiary/aromatic N) is 3. The molecular formula is C18H20FN4O3S+. The van der Waals surface area contributed by atoms with Gasteiger partial charge in [-0.2, -0.15) is 9.61 Å². The summed E-state index contributed by atoms with van der Waals surface area (Å²) in [6.45, 7) is 2.87. The standard InChI is InChI=1S/C18H19FN4O3S/c19-13-3-1-2-12(10-13)14(15-16(24)23-17(27-15)20-11-21-23)22-6-4-18(5-7-22)25-8-9-26-18/h1-3,10-11,14,24H,4-9H2/p+1/t14-/m1/s1. The summed E-state index contributed by atoms with van der Waals surface area (Å²) in [5, 5.41) is 14.8. The lowest BCUT2D eigenvalue weighted by Crippen LogP contribution is -3.14. The van der Waals surface area contributed by atoms with Gasteiger partial charge in [0.25, 0.3) is 0 Å². The number of hydrogen-bond acceptors (Lipinski definition) is 6. The number of thiazole rings is 1. The van der Waals surface area contributed by atoms with Gasteiger partial charge in [0.1, 0.15) is 17.0 Å². The van der Waals surface area contributed by atoms with Gasteiger partial charge in [-0.05, 0) is 12.1 Å². The smallest absolute Gasteiger partial charge is 0.235 e. The molecule has 2 aliphatic heterocycles. The summed E-state index contributed by atoms with van der Waals surface area (Å²) in [6, 6.07) is 6.39. The second-order valence-electron chi connectivity index (χ2n) is 7.00. The van der Waals surface area contributed by atoms with Crippen molar-refractivity contribution in [3.05, 3.63) is 46.9 Å². The van der Waals surface area contributed by atoms with Crippen LogP contribution in [0.4, 0.5) is 4.39 Å². The van der Waals surface area contributed by atoms with Crippen LogP contribution in [-0.4, -0.2) is 51.8 Å². The van der Waals surface area contributed by atoms with Crippen LogP contribution in [0.15, 0.2) is 30.6 Å². The van der Waals surface area contributed by atoms with E-state index in [1.165, 1.54) is 33.1 Å². The molecule has 5 rings (SSSR count). The average Bonchev–Trinajstić information content (AvgIpc) is 3.37. The topological polar surface area (TPSA) is 73.3 Å². The number of ether oxygens (including phenoxy) is 2. The molecule has 2 saturated heterocycles. The largest absolute Gasteiger partial charge is 0.492 e. The summed E-state index contributed by atoms with van der Waals surface area (Å²) in [5.74, 6) is -0.682. The van der Waals surface area contributed by atoms with E-state index >= 15 is 0 Å². The lowest BCUT2D eigenvalue weighted by Gasteiger charge is -2.38. The van der Waals surface area contributed by atoms with Gasteiger partial charge in [0.15, 0.2) is 11.8 Å². The SMILES string of the molecule is Oc1c([C@@H](c2cccc(F)c2)[NH+]2CCC3(CC2)OCCO3)sc2ncnn12. The number of fused-ring (bicyclic) bond motifs is 1. The second kappa shape index (κ2) is 6.52. The van der Waals surface area contributed by atoms with Gasteiger partial charge in [0.2, 0.25) is 10.8 Å². The molecule has 4 heterocycles. The van der Waals surface area contributed by atoms with E-state index in [0.717, 1.165) is 36.4 Å². The van der Waals surface area contributed by atoms with Crippen LogP contribution >= 0.6 is 11.3 Å². The molecule has 27 heavy (non-hydrogen) atoms. The molecule has 3 aromatic rings. The Morgan fingerprint density at radius 3 is 2.74 bits per heavy atom. The number of aromatic hydroxyl groups is 1. The van der Waals surface area contributed by atoms with Gasteiger partial charge in [0.05, 0.1) is 39.1 Å². The first kappa shape index (κ1) is 17.1. The molecule has 0 unspecified atom stereocenters. The van der Waals surface area contributed by atoms with Gasteiger partial charge in [-0.25, -0.2) is 9.37 Å². The maximum atomic E-state index is 14.0. The molecule has 9 heteroatoms. The number of likely N-dealkylation sites (tertiary alicyclic amines) is 1. The Labute approximate surface area is 159 Å². The Morgan fingerprint density at radius 2 is 2.04 bits per heavy atom. The van der Waals surface area contributed by atoms with Crippen molar-refractivity contribution in [3.8, 4) is 5.88 Å². The van der Waals surface area contributed by atoms with Gasteiger partial charge in [0, 0.05) is 5.56 Å². The van der Waals surface area contributed by atoms with Gasteiger partial charge in [-0.15, -0.1) is 0 Å². The van der Waals surface area contributed by atoms with Crippen LogP contribution in [0.1, 0.15) is 29.3 Å². The minimum atomic E-state index is -0.469. The lowest BCUT2D eigenvalue weighted by molar-refractivity contribution is -0.933. The number of aromatic nitrogens is 3. The maximum Gasteiger partial charge on any atom is 0.235 e.